The van der Waals surface area contributed by atoms with Crippen molar-refractivity contribution in [3.05, 3.63) is 24.3 Å². The molecule has 0 amide bonds. The normalized spacial score (nSPS) is 52.5. The molecule has 3 aliphatic rings. The summed E-state index contributed by atoms with van der Waals surface area (Å²) in [6, 6.07) is 0. The van der Waals surface area contributed by atoms with E-state index < -0.39 is 0 Å². The van der Waals surface area contributed by atoms with Gasteiger partial charge in [-0.3, -0.25) is 0 Å². The van der Waals surface area contributed by atoms with Gasteiger partial charge in [-0.15, -0.1) is 0 Å². The van der Waals surface area contributed by atoms with Crippen LogP contribution in [0.3, 0.4) is 0 Å². The molecule has 76 valence electrons. The molecule has 0 aromatic carbocycles. The van der Waals surface area contributed by atoms with Crippen LogP contribution in [0.5, 0.6) is 0 Å². The smallest absolute Gasteiger partial charge is 0.0670 e. The summed E-state index contributed by atoms with van der Waals surface area (Å²) in [6.45, 7) is 0. The van der Waals surface area contributed by atoms with Crippen LogP contribution in [0.1, 0.15) is 25.7 Å². The zero-order valence-corrected chi connectivity index (χ0v) is 8.47. The van der Waals surface area contributed by atoms with E-state index in [9.17, 15) is 5.11 Å². The fourth-order valence-electron chi connectivity index (χ4n) is 3.73. The number of fused-ring (bicyclic) bond motifs is 5. The molecule has 0 radical (unpaired) electrons. The zero-order valence-electron chi connectivity index (χ0n) is 8.47. The van der Waals surface area contributed by atoms with Crippen molar-refractivity contribution in [3.8, 4) is 0 Å². The Balaban J connectivity index is 1.86. The summed E-state index contributed by atoms with van der Waals surface area (Å²) in [6.07, 6.45) is 14.1. The molecule has 3 rings (SSSR count). The number of aliphatic hydroxyl groups is 1. The first-order valence-electron chi connectivity index (χ1n) is 5.89. The fraction of sp³-hybridized carbons (Fsp3) is 0.692. The van der Waals surface area contributed by atoms with Gasteiger partial charge in [0.1, 0.15) is 0 Å². The van der Waals surface area contributed by atoms with Crippen LogP contribution >= 0.6 is 0 Å². The minimum atomic E-state index is -0.0527. The molecule has 0 spiro atoms. The van der Waals surface area contributed by atoms with E-state index in [2.05, 4.69) is 24.3 Å². The summed E-state index contributed by atoms with van der Waals surface area (Å²) >= 11 is 0. The third-order valence-electron chi connectivity index (χ3n) is 4.38. The third kappa shape index (κ3) is 1.12. The van der Waals surface area contributed by atoms with Gasteiger partial charge in [0.25, 0.3) is 0 Å². The molecule has 3 aliphatic carbocycles. The van der Waals surface area contributed by atoms with Gasteiger partial charge in [0.2, 0.25) is 0 Å². The van der Waals surface area contributed by atoms with Crippen LogP contribution in [-0.2, 0) is 0 Å². The minimum absolute atomic E-state index is 0.0527. The second kappa shape index (κ2) is 3.23. The topological polar surface area (TPSA) is 20.2 Å². The van der Waals surface area contributed by atoms with Crippen LogP contribution < -0.4 is 0 Å². The lowest BCUT2D eigenvalue weighted by atomic mass is 9.77. The maximum absolute atomic E-state index is 10.1. The Labute approximate surface area is 85.5 Å². The highest BCUT2D eigenvalue weighted by Gasteiger charge is 2.49. The number of rotatable bonds is 0. The Hall–Kier alpha value is -0.560. The molecule has 2 bridgehead atoms. The van der Waals surface area contributed by atoms with Crippen LogP contribution in [0.2, 0.25) is 0 Å². The van der Waals surface area contributed by atoms with E-state index in [4.69, 9.17) is 0 Å². The predicted molar refractivity (Wildman–Crippen MR) is 56.7 cm³/mol. The molecule has 0 heterocycles. The van der Waals surface area contributed by atoms with E-state index in [1.807, 2.05) is 0 Å². The van der Waals surface area contributed by atoms with Crippen molar-refractivity contribution in [1.29, 1.82) is 0 Å². The Morgan fingerprint density at radius 3 is 1.86 bits per heavy atom. The average Bonchev–Trinajstić information content (AvgIpc) is 2.59. The second-order valence-corrected chi connectivity index (χ2v) is 4.98. The molecule has 5 atom stereocenters. The number of hydrogen-bond acceptors (Lipinski definition) is 1. The van der Waals surface area contributed by atoms with Crippen molar-refractivity contribution in [2.75, 3.05) is 0 Å². The Morgan fingerprint density at radius 1 is 0.857 bits per heavy atom. The molecule has 3 unspecified atom stereocenters. The number of allylic oxidation sites excluding steroid dienone is 2. The number of hydrogen-bond donors (Lipinski definition) is 1. The molecule has 1 fully saturated rings. The van der Waals surface area contributed by atoms with Crippen molar-refractivity contribution in [2.45, 2.75) is 31.8 Å². The summed E-state index contributed by atoms with van der Waals surface area (Å²) in [4.78, 5) is 0. The molecular weight excluding hydrogens is 172 g/mol. The van der Waals surface area contributed by atoms with Gasteiger partial charge < -0.3 is 5.11 Å². The monoisotopic (exact) mass is 190 g/mol. The summed E-state index contributed by atoms with van der Waals surface area (Å²) in [7, 11) is 0. The van der Waals surface area contributed by atoms with Crippen LogP contribution in [-0.4, -0.2) is 11.2 Å². The minimum Gasteiger partial charge on any atom is -0.392 e. The Bertz CT molecular complexity index is 253. The highest BCUT2D eigenvalue weighted by Crippen LogP contribution is 2.52. The van der Waals surface area contributed by atoms with Gasteiger partial charge in [0.15, 0.2) is 0 Å². The highest BCUT2D eigenvalue weighted by atomic mass is 16.3. The van der Waals surface area contributed by atoms with Gasteiger partial charge in [0, 0.05) is 11.8 Å². The first kappa shape index (κ1) is 8.72. The van der Waals surface area contributed by atoms with Crippen LogP contribution in [0.15, 0.2) is 24.3 Å². The molecule has 1 heteroatoms. The van der Waals surface area contributed by atoms with Gasteiger partial charge in [0.05, 0.1) is 6.10 Å². The molecular formula is C13H18O. The van der Waals surface area contributed by atoms with E-state index in [1.54, 1.807) is 0 Å². The molecule has 0 aromatic heterocycles. The van der Waals surface area contributed by atoms with Gasteiger partial charge >= 0.3 is 0 Å². The molecule has 1 N–H and O–H groups in total. The molecule has 1 saturated carbocycles. The van der Waals surface area contributed by atoms with Crippen LogP contribution in [0.4, 0.5) is 0 Å². The highest BCUT2D eigenvalue weighted by molar-refractivity contribution is 5.18. The summed E-state index contributed by atoms with van der Waals surface area (Å²) < 4.78 is 0. The quantitative estimate of drug-likeness (QED) is 0.582. The second-order valence-electron chi connectivity index (χ2n) is 4.98. The van der Waals surface area contributed by atoms with E-state index in [0.717, 1.165) is 11.8 Å². The largest absolute Gasteiger partial charge is 0.392 e. The van der Waals surface area contributed by atoms with Crippen LogP contribution in [0.25, 0.3) is 0 Å². The molecule has 0 aromatic rings. The van der Waals surface area contributed by atoms with Gasteiger partial charge in [-0.25, -0.2) is 0 Å². The Morgan fingerprint density at radius 2 is 1.36 bits per heavy atom. The SMILES string of the molecule is OC1C2C=CC1[C@@H]1CC/C=C\CC[C@H]21. The molecule has 0 saturated heterocycles. The molecule has 0 aliphatic heterocycles. The van der Waals surface area contributed by atoms with Crippen molar-refractivity contribution >= 4 is 0 Å². The van der Waals surface area contributed by atoms with Crippen molar-refractivity contribution < 1.29 is 5.11 Å². The summed E-state index contributed by atoms with van der Waals surface area (Å²) in [5.41, 5.74) is 0. The first-order chi connectivity index (χ1) is 6.88. The van der Waals surface area contributed by atoms with Gasteiger partial charge in [-0.1, -0.05) is 24.3 Å². The predicted octanol–water partition coefficient (Wildman–Crippen LogP) is 2.53. The first-order valence-corrected chi connectivity index (χ1v) is 5.89. The standard InChI is InChI=1S/C13H18O/c14-13-11-7-8-12(13)10-6-4-2-1-3-5-9(10)11/h1-2,7-14H,3-6H2/b2-1-/t9-,10+,11?,12?,13?. The molecule has 1 nitrogen and oxygen atoms in total. The maximum Gasteiger partial charge on any atom is 0.0670 e. The van der Waals surface area contributed by atoms with E-state index in [1.165, 1.54) is 25.7 Å². The van der Waals surface area contributed by atoms with Crippen molar-refractivity contribution in [3.63, 3.8) is 0 Å². The zero-order chi connectivity index (χ0) is 9.54. The lowest BCUT2D eigenvalue weighted by Gasteiger charge is -2.28. The van der Waals surface area contributed by atoms with Crippen LogP contribution in [0, 0.1) is 23.7 Å². The average molecular weight is 190 g/mol. The summed E-state index contributed by atoms with van der Waals surface area (Å²) in [5.74, 6) is 2.50. The van der Waals surface area contributed by atoms with E-state index in [-0.39, 0.29) is 6.10 Å². The van der Waals surface area contributed by atoms with E-state index in [0.29, 0.717) is 11.8 Å². The maximum atomic E-state index is 10.1. The number of aliphatic hydroxyl groups excluding tert-OH is 1. The lowest BCUT2D eigenvalue weighted by molar-refractivity contribution is 0.126. The van der Waals surface area contributed by atoms with Gasteiger partial charge in [-0.05, 0) is 37.5 Å². The lowest BCUT2D eigenvalue weighted by Crippen LogP contribution is -2.20. The van der Waals surface area contributed by atoms with Crippen molar-refractivity contribution in [1.82, 2.24) is 0 Å². The van der Waals surface area contributed by atoms with Crippen molar-refractivity contribution in [2.24, 2.45) is 23.7 Å². The summed E-state index contributed by atoms with van der Waals surface area (Å²) in [5, 5.41) is 10.1. The van der Waals surface area contributed by atoms with Gasteiger partial charge in [-0.2, -0.15) is 0 Å². The Kier molecular flexibility index (Phi) is 2.01. The fourth-order valence-corrected chi connectivity index (χ4v) is 3.73. The molecule has 14 heavy (non-hydrogen) atoms. The van der Waals surface area contributed by atoms with E-state index >= 15 is 0 Å². The third-order valence-corrected chi connectivity index (χ3v) is 4.38.